The molecule has 3 rings (SSSR count). The molecule has 0 fully saturated rings. The van der Waals surface area contributed by atoms with E-state index in [1.54, 1.807) is 0 Å². The second kappa shape index (κ2) is 8.94. The average Bonchev–Trinajstić information content (AvgIpc) is 2.63. The van der Waals surface area contributed by atoms with Gasteiger partial charge in [0.25, 0.3) is 0 Å². The number of rotatable bonds is 6. The maximum Gasteiger partial charge on any atom is 0.134 e. The van der Waals surface area contributed by atoms with Gasteiger partial charge in [0.05, 0.1) is 9.50 Å². The van der Waals surface area contributed by atoms with Gasteiger partial charge >= 0.3 is 0 Å². The molecule has 0 heterocycles. The van der Waals surface area contributed by atoms with Crippen LogP contribution in [0.3, 0.4) is 0 Å². The van der Waals surface area contributed by atoms with Gasteiger partial charge in [-0.3, -0.25) is 0 Å². The lowest BCUT2D eigenvalue weighted by Gasteiger charge is -2.12. The first-order valence-electron chi connectivity index (χ1n) is 8.17. The zero-order valence-electron chi connectivity index (χ0n) is 14.2. The second-order valence-electron chi connectivity index (χ2n) is 6.02. The lowest BCUT2D eigenvalue weighted by Crippen LogP contribution is -2.00. The third-order valence-corrected chi connectivity index (χ3v) is 5.78. The molecule has 0 unspecified atom stereocenters. The molecular formula is C21H18Br2ClNO. The largest absolute Gasteiger partial charge is 0.488 e. The number of ether oxygens (including phenoxy) is 1. The van der Waals surface area contributed by atoms with Crippen molar-refractivity contribution >= 4 is 49.1 Å². The van der Waals surface area contributed by atoms with E-state index in [1.807, 2.05) is 24.3 Å². The van der Waals surface area contributed by atoms with Gasteiger partial charge in [0.15, 0.2) is 0 Å². The summed E-state index contributed by atoms with van der Waals surface area (Å²) in [5.74, 6) is 0.834. The summed E-state index contributed by atoms with van der Waals surface area (Å²) in [6.45, 7) is 3.33. The van der Waals surface area contributed by atoms with Crippen LogP contribution in [0.15, 0.2) is 69.6 Å². The van der Waals surface area contributed by atoms with Crippen LogP contribution < -0.4 is 10.1 Å². The van der Waals surface area contributed by atoms with Crippen LogP contribution in [0.4, 0.5) is 5.69 Å². The van der Waals surface area contributed by atoms with Gasteiger partial charge in [-0.1, -0.05) is 47.5 Å². The number of benzene rings is 3. The Morgan fingerprint density at radius 3 is 2.31 bits per heavy atom. The minimum atomic E-state index is 0.549. The maximum atomic E-state index is 6.12. The number of halogens is 3. The minimum absolute atomic E-state index is 0.549. The average molecular weight is 496 g/mol. The van der Waals surface area contributed by atoms with E-state index in [-0.39, 0.29) is 0 Å². The van der Waals surface area contributed by atoms with Crippen LogP contribution in [-0.4, -0.2) is 0 Å². The van der Waals surface area contributed by atoms with Crippen molar-refractivity contribution in [2.24, 2.45) is 0 Å². The molecule has 0 saturated carbocycles. The van der Waals surface area contributed by atoms with Gasteiger partial charge in [-0.2, -0.15) is 0 Å². The number of hydrogen-bond donors (Lipinski definition) is 1. The number of hydrogen-bond acceptors (Lipinski definition) is 2. The molecule has 3 aromatic rings. The number of aryl methyl sites for hydroxylation is 1. The van der Waals surface area contributed by atoms with Gasteiger partial charge < -0.3 is 10.1 Å². The van der Waals surface area contributed by atoms with Crippen LogP contribution in [-0.2, 0) is 13.2 Å². The molecule has 0 aromatic heterocycles. The smallest absolute Gasteiger partial charge is 0.134 e. The molecule has 0 amide bonds. The highest BCUT2D eigenvalue weighted by Gasteiger charge is 2.05. The molecule has 1 N–H and O–H groups in total. The number of anilines is 1. The summed E-state index contributed by atoms with van der Waals surface area (Å²) in [6.07, 6.45) is 0. The Bertz CT molecular complexity index is 897. The highest BCUT2D eigenvalue weighted by molar-refractivity contribution is 9.10. The first-order chi connectivity index (χ1) is 12.5. The Morgan fingerprint density at radius 2 is 1.62 bits per heavy atom. The van der Waals surface area contributed by atoms with Crippen LogP contribution in [0.2, 0.25) is 5.02 Å². The van der Waals surface area contributed by atoms with Crippen LogP contribution >= 0.6 is 43.5 Å². The van der Waals surface area contributed by atoms with Gasteiger partial charge in [0.1, 0.15) is 12.4 Å². The van der Waals surface area contributed by atoms with Crippen LogP contribution in [0.1, 0.15) is 16.7 Å². The highest BCUT2D eigenvalue weighted by Crippen LogP contribution is 2.28. The van der Waals surface area contributed by atoms with Crippen LogP contribution in [0.5, 0.6) is 5.75 Å². The van der Waals surface area contributed by atoms with Crippen LogP contribution in [0, 0.1) is 6.92 Å². The molecule has 5 heteroatoms. The predicted octanol–water partition coefficient (Wildman–Crippen LogP) is 7.36. The molecule has 2 nitrogen and oxygen atoms in total. The molecule has 3 aromatic carbocycles. The van der Waals surface area contributed by atoms with Gasteiger partial charge in [-0.05, 0) is 80.2 Å². The van der Waals surface area contributed by atoms with Crippen molar-refractivity contribution in [2.75, 3.05) is 5.32 Å². The Balaban J connectivity index is 1.59. The Labute approximate surface area is 175 Å². The molecule has 26 heavy (non-hydrogen) atoms. The molecule has 0 radical (unpaired) electrons. The van der Waals surface area contributed by atoms with Crippen molar-refractivity contribution in [2.45, 2.75) is 20.1 Å². The van der Waals surface area contributed by atoms with Crippen molar-refractivity contribution in [1.82, 2.24) is 0 Å². The highest BCUT2D eigenvalue weighted by atomic mass is 79.9. The fourth-order valence-corrected chi connectivity index (χ4v) is 3.39. The standard InChI is InChI=1S/C21H18Br2ClNO/c1-14-2-4-15(5-3-14)13-26-21-9-6-16(10-19(21)23)12-25-17-7-8-18(22)20(24)11-17/h2-11,25H,12-13H2,1H3. The van der Waals surface area contributed by atoms with E-state index in [2.05, 4.69) is 80.5 Å². The fraction of sp³-hybridized carbons (Fsp3) is 0.143. The van der Waals surface area contributed by atoms with Crippen molar-refractivity contribution in [3.63, 3.8) is 0 Å². The maximum absolute atomic E-state index is 6.12. The molecule has 0 atom stereocenters. The minimum Gasteiger partial charge on any atom is -0.488 e. The Kier molecular flexibility index (Phi) is 6.63. The summed E-state index contributed by atoms with van der Waals surface area (Å²) in [5.41, 5.74) is 4.53. The summed E-state index contributed by atoms with van der Waals surface area (Å²) in [6, 6.07) is 20.3. The quantitative estimate of drug-likeness (QED) is 0.386. The third kappa shape index (κ3) is 5.26. The zero-order chi connectivity index (χ0) is 18.5. The molecule has 134 valence electrons. The first-order valence-corrected chi connectivity index (χ1v) is 10.1. The SMILES string of the molecule is Cc1ccc(COc2ccc(CNc3ccc(Br)c(Cl)c3)cc2Br)cc1. The molecular weight excluding hydrogens is 477 g/mol. The molecule has 0 saturated heterocycles. The summed E-state index contributed by atoms with van der Waals surface area (Å²) < 4.78 is 7.75. The van der Waals surface area contributed by atoms with Crippen molar-refractivity contribution in [3.8, 4) is 5.75 Å². The van der Waals surface area contributed by atoms with Crippen molar-refractivity contribution in [1.29, 1.82) is 0 Å². The van der Waals surface area contributed by atoms with Gasteiger partial charge in [-0.25, -0.2) is 0 Å². The first kappa shape index (κ1) is 19.3. The monoisotopic (exact) mass is 493 g/mol. The molecule has 0 aliphatic heterocycles. The third-order valence-electron chi connectivity index (χ3n) is 3.93. The lowest BCUT2D eigenvalue weighted by molar-refractivity contribution is 0.304. The molecule has 0 aliphatic carbocycles. The van der Waals surface area contributed by atoms with E-state index in [9.17, 15) is 0 Å². The second-order valence-corrected chi connectivity index (χ2v) is 8.14. The van der Waals surface area contributed by atoms with Crippen LogP contribution in [0.25, 0.3) is 0 Å². The molecule has 0 bridgehead atoms. The normalized spacial score (nSPS) is 10.6. The van der Waals surface area contributed by atoms with E-state index in [0.717, 1.165) is 31.5 Å². The van der Waals surface area contributed by atoms with Crippen molar-refractivity contribution < 1.29 is 4.74 Å². The van der Waals surface area contributed by atoms with E-state index < -0.39 is 0 Å². The Hall–Kier alpha value is -1.49. The topological polar surface area (TPSA) is 21.3 Å². The molecule has 0 spiro atoms. The summed E-state index contributed by atoms with van der Waals surface area (Å²) >= 11 is 13.1. The van der Waals surface area contributed by atoms with Crippen molar-refractivity contribution in [3.05, 3.63) is 91.3 Å². The predicted molar refractivity (Wildman–Crippen MR) is 116 cm³/mol. The fourth-order valence-electron chi connectivity index (χ4n) is 2.43. The van der Waals surface area contributed by atoms with Gasteiger partial charge in [0, 0.05) is 16.7 Å². The Morgan fingerprint density at radius 1 is 0.885 bits per heavy atom. The van der Waals surface area contributed by atoms with Gasteiger partial charge in [0.2, 0.25) is 0 Å². The van der Waals surface area contributed by atoms with Gasteiger partial charge in [-0.15, -0.1) is 0 Å². The summed E-state index contributed by atoms with van der Waals surface area (Å²) in [4.78, 5) is 0. The van der Waals surface area contributed by atoms with E-state index in [1.165, 1.54) is 5.56 Å². The molecule has 0 aliphatic rings. The lowest BCUT2D eigenvalue weighted by atomic mass is 10.2. The summed E-state index contributed by atoms with van der Waals surface area (Å²) in [5, 5.41) is 4.06. The number of nitrogens with one attached hydrogen (secondary N) is 1. The zero-order valence-corrected chi connectivity index (χ0v) is 18.2. The van der Waals surface area contributed by atoms with E-state index in [0.29, 0.717) is 18.2 Å². The van der Waals surface area contributed by atoms with E-state index in [4.69, 9.17) is 16.3 Å². The summed E-state index contributed by atoms with van der Waals surface area (Å²) in [7, 11) is 0. The van der Waals surface area contributed by atoms with E-state index >= 15 is 0 Å².